The molecule has 0 aromatic carbocycles. The molecule has 14 heavy (non-hydrogen) atoms. The van der Waals surface area contributed by atoms with Crippen LogP contribution in [0.1, 0.15) is 12.8 Å². The minimum absolute atomic E-state index is 0.144. The first-order chi connectivity index (χ1) is 6.75. The summed E-state index contributed by atoms with van der Waals surface area (Å²) in [5.41, 5.74) is 0. The lowest BCUT2D eigenvalue weighted by molar-refractivity contribution is 0.145. The van der Waals surface area contributed by atoms with Gasteiger partial charge in [0.2, 0.25) is 0 Å². The number of piperidine rings is 1. The summed E-state index contributed by atoms with van der Waals surface area (Å²) in [6.45, 7) is 1.72. The van der Waals surface area contributed by atoms with Crippen molar-refractivity contribution < 1.29 is 5.11 Å². The van der Waals surface area contributed by atoms with E-state index in [0.29, 0.717) is 0 Å². The number of halogens is 1. The standard InChI is InChI=1S/C9H12BrN3O/c10-8-1-2-9(12-11-8)13-5-3-7(14)4-6-13/h1-2,7,14H,3-6H2. The first kappa shape index (κ1) is 9.86. The maximum Gasteiger partial charge on any atom is 0.151 e. The van der Waals surface area contributed by atoms with Crippen LogP contribution in [0.15, 0.2) is 16.7 Å². The van der Waals surface area contributed by atoms with Crippen LogP contribution in [-0.2, 0) is 0 Å². The van der Waals surface area contributed by atoms with Gasteiger partial charge in [0.05, 0.1) is 6.10 Å². The zero-order valence-corrected chi connectivity index (χ0v) is 9.31. The van der Waals surface area contributed by atoms with Crippen LogP contribution in [0.5, 0.6) is 0 Å². The Morgan fingerprint density at radius 2 is 2.00 bits per heavy atom. The van der Waals surface area contributed by atoms with Gasteiger partial charge in [-0.1, -0.05) is 0 Å². The summed E-state index contributed by atoms with van der Waals surface area (Å²) in [6, 6.07) is 3.82. The Morgan fingerprint density at radius 3 is 2.57 bits per heavy atom. The van der Waals surface area contributed by atoms with Gasteiger partial charge < -0.3 is 10.0 Å². The quantitative estimate of drug-likeness (QED) is 0.822. The molecule has 2 rings (SSSR count). The number of aliphatic hydroxyl groups excluding tert-OH is 1. The van der Waals surface area contributed by atoms with Crippen molar-refractivity contribution in [2.45, 2.75) is 18.9 Å². The Bertz CT molecular complexity index is 295. The van der Waals surface area contributed by atoms with E-state index in [1.54, 1.807) is 0 Å². The molecule has 0 unspecified atom stereocenters. The molecule has 2 heterocycles. The Labute approximate surface area is 91.1 Å². The lowest BCUT2D eigenvalue weighted by Crippen LogP contribution is -2.36. The van der Waals surface area contributed by atoms with Crippen molar-refractivity contribution >= 4 is 21.7 Å². The zero-order chi connectivity index (χ0) is 9.97. The highest BCUT2D eigenvalue weighted by atomic mass is 79.9. The van der Waals surface area contributed by atoms with E-state index in [4.69, 9.17) is 0 Å². The topological polar surface area (TPSA) is 49.2 Å². The fourth-order valence-corrected chi connectivity index (χ4v) is 1.78. The Hall–Kier alpha value is -0.680. The SMILES string of the molecule is OC1CCN(c2ccc(Br)nn2)CC1. The summed E-state index contributed by atoms with van der Waals surface area (Å²) >= 11 is 3.25. The highest BCUT2D eigenvalue weighted by Crippen LogP contribution is 2.17. The average Bonchev–Trinajstić information content (AvgIpc) is 2.21. The molecule has 1 aliphatic heterocycles. The zero-order valence-electron chi connectivity index (χ0n) is 7.73. The van der Waals surface area contributed by atoms with Gasteiger partial charge in [0.1, 0.15) is 4.60 Å². The number of aliphatic hydroxyl groups is 1. The molecule has 0 atom stereocenters. The number of rotatable bonds is 1. The van der Waals surface area contributed by atoms with Gasteiger partial charge >= 0.3 is 0 Å². The van der Waals surface area contributed by atoms with Crippen LogP contribution in [0.25, 0.3) is 0 Å². The highest BCUT2D eigenvalue weighted by molar-refractivity contribution is 9.10. The molecule has 0 aliphatic carbocycles. The summed E-state index contributed by atoms with van der Waals surface area (Å²) < 4.78 is 0.748. The third-order valence-electron chi connectivity index (χ3n) is 2.41. The van der Waals surface area contributed by atoms with Crippen LogP contribution >= 0.6 is 15.9 Å². The van der Waals surface area contributed by atoms with Gasteiger partial charge in [0.25, 0.3) is 0 Å². The Kier molecular flexibility index (Phi) is 2.98. The van der Waals surface area contributed by atoms with E-state index in [2.05, 4.69) is 31.0 Å². The molecule has 0 radical (unpaired) electrons. The fraction of sp³-hybridized carbons (Fsp3) is 0.556. The normalized spacial score (nSPS) is 18.6. The molecule has 1 aromatic heterocycles. The molecule has 1 fully saturated rings. The minimum atomic E-state index is -0.144. The van der Waals surface area contributed by atoms with Gasteiger partial charge in [0, 0.05) is 13.1 Å². The monoisotopic (exact) mass is 257 g/mol. The van der Waals surface area contributed by atoms with E-state index in [1.165, 1.54) is 0 Å². The number of hydrogen-bond acceptors (Lipinski definition) is 4. The van der Waals surface area contributed by atoms with Crippen LogP contribution in [0, 0.1) is 0 Å². The van der Waals surface area contributed by atoms with Crippen LogP contribution in [-0.4, -0.2) is 34.5 Å². The van der Waals surface area contributed by atoms with E-state index < -0.39 is 0 Å². The van der Waals surface area contributed by atoms with Crippen LogP contribution < -0.4 is 4.90 Å². The Morgan fingerprint density at radius 1 is 1.29 bits per heavy atom. The molecule has 1 saturated heterocycles. The van der Waals surface area contributed by atoms with Gasteiger partial charge in [-0.2, -0.15) is 0 Å². The molecule has 1 aromatic rings. The van der Waals surface area contributed by atoms with Crippen molar-refractivity contribution in [1.29, 1.82) is 0 Å². The molecule has 76 valence electrons. The van der Waals surface area contributed by atoms with E-state index in [9.17, 15) is 5.11 Å². The maximum atomic E-state index is 9.35. The second-order valence-corrected chi connectivity index (χ2v) is 4.24. The predicted molar refractivity (Wildman–Crippen MR) is 57.2 cm³/mol. The molecule has 1 N–H and O–H groups in total. The van der Waals surface area contributed by atoms with E-state index in [1.807, 2.05) is 12.1 Å². The molecule has 4 nitrogen and oxygen atoms in total. The van der Waals surface area contributed by atoms with Crippen LogP contribution in [0.2, 0.25) is 0 Å². The molecule has 5 heteroatoms. The first-order valence-corrected chi connectivity index (χ1v) is 5.47. The van der Waals surface area contributed by atoms with Gasteiger partial charge in [0.15, 0.2) is 5.82 Å². The van der Waals surface area contributed by atoms with E-state index >= 15 is 0 Å². The summed E-state index contributed by atoms with van der Waals surface area (Å²) in [5, 5.41) is 17.4. The molecule has 0 bridgehead atoms. The number of nitrogens with zero attached hydrogens (tertiary/aromatic N) is 3. The fourth-order valence-electron chi connectivity index (χ4n) is 1.57. The first-order valence-electron chi connectivity index (χ1n) is 4.68. The van der Waals surface area contributed by atoms with Crippen molar-refractivity contribution in [2.75, 3.05) is 18.0 Å². The van der Waals surface area contributed by atoms with Crippen molar-refractivity contribution in [2.24, 2.45) is 0 Å². The molecular formula is C9H12BrN3O. The van der Waals surface area contributed by atoms with E-state index in [-0.39, 0.29) is 6.10 Å². The average molecular weight is 258 g/mol. The number of aromatic nitrogens is 2. The second kappa shape index (κ2) is 4.23. The van der Waals surface area contributed by atoms with E-state index in [0.717, 1.165) is 36.4 Å². The van der Waals surface area contributed by atoms with Gasteiger partial charge in [-0.05, 0) is 40.9 Å². The molecule has 0 spiro atoms. The van der Waals surface area contributed by atoms with Crippen LogP contribution in [0.4, 0.5) is 5.82 Å². The lowest BCUT2D eigenvalue weighted by atomic mass is 10.1. The lowest BCUT2D eigenvalue weighted by Gasteiger charge is -2.29. The Balaban J connectivity index is 2.05. The van der Waals surface area contributed by atoms with Crippen LogP contribution in [0.3, 0.4) is 0 Å². The summed E-state index contributed by atoms with van der Waals surface area (Å²) in [5.74, 6) is 0.889. The van der Waals surface area contributed by atoms with Crippen molar-refractivity contribution in [1.82, 2.24) is 10.2 Å². The molecular weight excluding hydrogens is 246 g/mol. The number of anilines is 1. The smallest absolute Gasteiger partial charge is 0.151 e. The largest absolute Gasteiger partial charge is 0.393 e. The third-order valence-corrected chi connectivity index (χ3v) is 2.83. The third kappa shape index (κ3) is 2.22. The predicted octanol–water partition coefficient (Wildman–Crippen LogP) is 1.20. The second-order valence-electron chi connectivity index (χ2n) is 3.43. The maximum absolute atomic E-state index is 9.35. The minimum Gasteiger partial charge on any atom is -0.393 e. The van der Waals surface area contributed by atoms with Gasteiger partial charge in [-0.25, -0.2) is 0 Å². The van der Waals surface area contributed by atoms with Crippen molar-refractivity contribution in [3.63, 3.8) is 0 Å². The summed E-state index contributed by atoms with van der Waals surface area (Å²) in [6.07, 6.45) is 1.49. The summed E-state index contributed by atoms with van der Waals surface area (Å²) in [7, 11) is 0. The van der Waals surface area contributed by atoms with Gasteiger partial charge in [-0.15, -0.1) is 10.2 Å². The molecule has 1 aliphatic rings. The molecule has 0 saturated carbocycles. The highest BCUT2D eigenvalue weighted by Gasteiger charge is 2.17. The summed E-state index contributed by atoms with van der Waals surface area (Å²) in [4.78, 5) is 2.14. The molecule has 0 amide bonds. The van der Waals surface area contributed by atoms with Gasteiger partial charge in [-0.3, -0.25) is 0 Å². The van der Waals surface area contributed by atoms with Crippen molar-refractivity contribution in [3.05, 3.63) is 16.7 Å². The number of hydrogen-bond donors (Lipinski definition) is 1. The van der Waals surface area contributed by atoms with Crippen molar-refractivity contribution in [3.8, 4) is 0 Å².